The number of aromatic amines is 1. The number of likely N-dealkylation sites (tertiary alicyclic amines) is 1. The first-order chi connectivity index (χ1) is 13.3. The van der Waals surface area contributed by atoms with Crippen LogP contribution in [0.15, 0.2) is 24.3 Å². The molecule has 0 aliphatic carbocycles. The van der Waals surface area contributed by atoms with E-state index in [1.165, 1.54) is 16.6 Å². The average molecular weight is 384 g/mol. The summed E-state index contributed by atoms with van der Waals surface area (Å²) in [7, 11) is 0. The van der Waals surface area contributed by atoms with E-state index in [1.54, 1.807) is 0 Å². The fourth-order valence-electron chi connectivity index (χ4n) is 4.77. The van der Waals surface area contributed by atoms with Crippen molar-refractivity contribution in [1.29, 1.82) is 0 Å². The number of carboxylic acid groups (broad SMARTS) is 1. The summed E-state index contributed by atoms with van der Waals surface area (Å²) in [5.74, 6) is -0.828. The first kappa shape index (κ1) is 19.0. The third-order valence-electron chi connectivity index (χ3n) is 6.18. The maximum absolute atomic E-state index is 12.7. The van der Waals surface area contributed by atoms with Gasteiger partial charge in [0.25, 0.3) is 0 Å². The van der Waals surface area contributed by atoms with Gasteiger partial charge in [0.1, 0.15) is 5.60 Å². The molecule has 0 saturated carbocycles. The molecule has 1 aromatic carbocycles. The van der Waals surface area contributed by atoms with Crippen molar-refractivity contribution in [2.45, 2.75) is 51.6 Å². The zero-order valence-electron chi connectivity index (χ0n) is 16.6. The van der Waals surface area contributed by atoms with Crippen molar-refractivity contribution >= 4 is 22.8 Å². The number of nitrogens with one attached hydrogen (secondary N) is 1. The summed E-state index contributed by atoms with van der Waals surface area (Å²) in [6, 6.07) is 8.37. The van der Waals surface area contributed by atoms with E-state index in [0.717, 1.165) is 24.8 Å². The zero-order chi connectivity index (χ0) is 19.9. The van der Waals surface area contributed by atoms with Crippen LogP contribution >= 0.6 is 0 Å². The van der Waals surface area contributed by atoms with Gasteiger partial charge in [-0.3, -0.25) is 9.59 Å². The van der Waals surface area contributed by atoms with Gasteiger partial charge in [0.15, 0.2) is 0 Å². The zero-order valence-corrected chi connectivity index (χ0v) is 16.6. The highest BCUT2D eigenvalue weighted by Gasteiger charge is 2.43. The Morgan fingerprint density at radius 2 is 1.93 bits per heavy atom. The minimum absolute atomic E-state index is 0.00193. The van der Waals surface area contributed by atoms with Gasteiger partial charge in [-0.25, -0.2) is 0 Å². The number of carbonyl (C=O) groups is 2. The van der Waals surface area contributed by atoms with Gasteiger partial charge in [-0.15, -0.1) is 0 Å². The molecule has 1 aromatic heterocycles. The summed E-state index contributed by atoms with van der Waals surface area (Å²) in [5.41, 5.74) is 2.79. The number of piperidine rings is 1. The average Bonchev–Trinajstić information content (AvgIpc) is 3.01. The number of hydrogen-bond donors (Lipinski definition) is 2. The summed E-state index contributed by atoms with van der Waals surface area (Å²) in [6.45, 7) is 5.65. The van der Waals surface area contributed by atoms with Crippen LogP contribution in [0.25, 0.3) is 10.9 Å². The highest BCUT2D eigenvalue weighted by Crippen LogP contribution is 2.43. The van der Waals surface area contributed by atoms with E-state index in [9.17, 15) is 9.59 Å². The predicted octanol–water partition coefficient (Wildman–Crippen LogP) is 3.45. The second-order valence-corrected chi connectivity index (χ2v) is 8.91. The molecule has 0 bridgehead atoms. The van der Waals surface area contributed by atoms with Gasteiger partial charge >= 0.3 is 5.97 Å². The van der Waals surface area contributed by atoms with Crippen molar-refractivity contribution in [1.82, 2.24) is 9.88 Å². The van der Waals surface area contributed by atoms with Gasteiger partial charge < -0.3 is 19.7 Å². The number of carboxylic acids is 1. The van der Waals surface area contributed by atoms with Crippen LogP contribution in [0.1, 0.15) is 50.8 Å². The molecule has 6 nitrogen and oxygen atoms in total. The van der Waals surface area contributed by atoms with Gasteiger partial charge in [-0.2, -0.15) is 0 Å². The Bertz CT molecular complexity index is 906. The van der Waals surface area contributed by atoms with E-state index in [-0.39, 0.29) is 24.3 Å². The fraction of sp³-hybridized carbons (Fsp3) is 0.545. The number of carbonyl (C=O) groups excluding carboxylic acids is 1. The van der Waals surface area contributed by atoms with Crippen LogP contribution in [0.5, 0.6) is 0 Å². The normalized spacial score (nSPS) is 19.0. The molecular weight excluding hydrogens is 356 g/mol. The second-order valence-electron chi connectivity index (χ2n) is 8.91. The van der Waals surface area contributed by atoms with E-state index in [4.69, 9.17) is 9.84 Å². The van der Waals surface area contributed by atoms with Crippen LogP contribution in [0.3, 0.4) is 0 Å². The summed E-state index contributed by atoms with van der Waals surface area (Å²) < 4.78 is 6.30. The van der Waals surface area contributed by atoms with E-state index >= 15 is 0 Å². The molecule has 0 atom stereocenters. The number of amides is 1. The standard InChI is InChI=1S/C22H28N2O4/c1-21(2,14-19(26)27)13-18(25)24-10-8-22(9-11-24)20-16(7-12-28-22)15-5-3-4-6-17(15)23-20/h3-6,23H,7-14H2,1-2H3,(H,26,27). The summed E-state index contributed by atoms with van der Waals surface area (Å²) in [6.07, 6.45) is 2.69. The molecule has 150 valence electrons. The summed E-state index contributed by atoms with van der Waals surface area (Å²) in [4.78, 5) is 29.2. The van der Waals surface area contributed by atoms with Crippen molar-refractivity contribution in [2.75, 3.05) is 19.7 Å². The van der Waals surface area contributed by atoms with Crippen molar-refractivity contribution in [3.05, 3.63) is 35.5 Å². The molecule has 3 heterocycles. The molecule has 1 amide bonds. The molecule has 6 heteroatoms. The number of para-hydroxylation sites is 1. The van der Waals surface area contributed by atoms with Crippen molar-refractivity contribution in [3.8, 4) is 0 Å². The first-order valence-electron chi connectivity index (χ1n) is 10.0. The Hall–Kier alpha value is -2.34. The van der Waals surface area contributed by atoms with Crippen LogP contribution in [0, 0.1) is 5.41 Å². The summed E-state index contributed by atoms with van der Waals surface area (Å²) in [5, 5.41) is 10.3. The van der Waals surface area contributed by atoms with E-state index in [0.29, 0.717) is 19.7 Å². The number of aromatic nitrogens is 1. The van der Waals surface area contributed by atoms with Crippen LogP contribution in [0.4, 0.5) is 0 Å². The number of rotatable bonds is 4. The number of aliphatic carboxylic acids is 1. The molecule has 2 aromatic rings. The Balaban J connectivity index is 1.49. The maximum Gasteiger partial charge on any atom is 0.303 e. The Labute approximate surface area is 164 Å². The highest BCUT2D eigenvalue weighted by atomic mass is 16.5. The quantitative estimate of drug-likeness (QED) is 0.846. The minimum Gasteiger partial charge on any atom is -0.481 e. The number of ether oxygens (including phenoxy) is 1. The lowest BCUT2D eigenvalue weighted by Crippen LogP contribution is -2.49. The number of benzene rings is 1. The first-order valence-corrected chi connectivity index (χ1v) is 10.0. The number of H-pyrrole nitrogens is 1. The predicted molar refractivity (Wildman–Crippen MR) is 106 cm³/mol. The minimum atomic E-state index is -0.864. The van der Waals surface area contributed by atoms with Crippen LogP contribution in [0.2, 0.25) is 0 Å². The maximum atomic E-state index is 12.7. The number of hydrogen-bond acceptors (Lipinski definition) is 3. The van der Waals surface area contributed by atoms with E-state index in [2.05, 4.69) is 23.2 Å². The van der Waals surface area contributed by atoms with Crippen molar-refractivity contribution in [3.63, 3.8) is 0 Å². The molecular formula is C22H28N2O4. The van der Waals surface area contributed by atoms with E-state index in [1.807, 2.05) is 24.8 Å². The molecule has 28 heavy (non-hydrogen) atoms. The molecule has 1 fully saturated rings. The van der Waals surface area contributed by atoms with Crippen LogP contribution in [-0.2, 0) is 26.3 Å². The second kappa shape index (κ2) is 6.92. The Morgan fingerprint density at radius 3 is 2.64 bits per heavy atom. The van der Waals surface area contributed by atoms with Crippen LogP contribution in [-0.4, -0.2) is 46.6 Å². The molecule has 2 aliphatic rings. The third kappa shape index (κ3) is 3.41. The smallest absolute Gasteiger partial charge is 0.303 e. The van der Waals surface area contributed by atoms with Gasteiger partial charge in [-0.1, -0.05) is 32.0 Å². The Kier molecular flexibility index (Phi) is 4.70. The lowest BCUT2D eigenvalue weighted by molar-refractivity contribution is -0.144. The lowest BCUT2D eigenvalue weighted by Gasteiger charge is -2.44. The molecule has 0 radical (unpaired) electrons. The largest absolute Gasteiger partial charge is 0.481 e. The fourth-order valence-corrected chi connectivity index (χ4v) is 4.77. The third-order valence-corrected chi connectivity index (χ3v) is 6.18. The summed E-state index contributed by atoms with van der Waals surface area (Å²) >= 11 is 0. The SMILES string of the molecule is CC(C)(CC(=O)O)CC(=O)N1CCC2(CC1)OCCc1c2[nH]c2ccccc12. The lowest BCUT2D eigenvalue weighted by atomic mass is 9.82. The van der Waals surface area contributed by atoms with Gasteiger partial charge in [0.2, 0.25) is 5.91 Å². The van der Waals surface area contributed by atoms with Gasteiger partial charge in [0.05, 0.1) is 18.7 Å². The number of nitrogens with zero attached hydrogens (tertiary/aromatic N) is 1. The number of fused-ring (bicyclic) bond motifs is 4. The molecule has 0 unspecified atom stereocenters. The van der Waals surface area contributed by atoms with E-state index < -0.39 is 11.4 Å². The molecule has 2 aliphatic heterocycles. The van der Waals surface area contributed by atoms with Crippen molar-refractivity contribution in [2.24, 2.45) is 5.41 Å². The highest BCUT2D eigenvalue weighted by molar-refractivity contribution is 5.85. The molecule has 4 rings (SSSR count). The van der Waals surface area contributed by atoms with Gasteiger partial charge in [-0.05, 0) is 36.3 Å². The van der Waals surface area contributed by atoms with Crippen LogP contribution < -0.4 is 0 Å². The topological polar surface area (TPSA) is 82.6 Å². The molecule has 2 N–H and O–H groups in total. The molecule has 1 saturated heterocycles. The van der Waals surface area contributed by atoms with Gasteiger partial charge in [0, 0.05) is 30.4 Å². The van der Waals surface area contributed by atoms with Crippen molar-refractivity contribution < 1.29 is 19.4 Å². The Morgan fingerprint density at radius 1 is 1.21 bits per heavy atom. The monoisotopic (exact) mass is 384 g/mol. The molecule has 1 spiro atoms.